The minimum Gasteiger partial charge on any atom is -0.366 e. The number of primary amides is 1. The lowest BCUT2D eigenvalue weighted by molar-refractivity contribution is -0.386. The van der Waals surface area contributed by atoms with E-state index >= 15 is 0 Å². The molecule has 0 aliphatic heterocycles. The number of nitrogens with two attached hydrogens (primary N) is 1. The molecule has 0 radical (unpaired) electrons. The van der Waals surface area contributed by atoms with Gasteiger partial charge in [-0.15, -0.1) is 0 Å². The molecule has 0 spiro atoms. The van der Waals surface area contributed by atoms with Crippen LogP contribution < -0.4 is 5.73 Å². The first-order valence-corrected chi connectivity index (χ1v) is 4.82. The number of hydrogen-bond donors (Lipinski definition) is 1. The molecule has 5 heteroatoms. The van der Waals surface area contributed by atoms with Crippen LogP contribution in [-0.2, 0) is 5.41 Å². The SMILES string of the molecule is CC(C)(C)c1ccc(C(N)=O)cc1[N+](=O)[O-]. The van der Waals surface area contributed by atoms with Gasteiger partial charge in [-0.25, -0.2) is 0 Å². The molecule has 0 aliphatic carbocycles. The van der Waals surface area contributed by atoms with E-state index in [2.05, 4.69) is 0 Å². The van der Waals surface area contributed by atoms with Gasteiger partial charge in [0.1, 0.15) is 0 Å². The quantitative estimate of drug-likeness (QED) is 0.613. The Labute approximate surface area is 93.4 Å². The molecule has 1 aromatic carbocycles. The first-order chi connectivity index (χ1) is 7.23. The van der Waals surface area contributed by atoms with Crippen LogP contribution in [0, 0.1) is 10.1 Å². The summed E-state index contributed by atoms with van der Waals surface area (Å²) in [7, 11) is 0. The van der Waals surface area contributed by atoms with Crippen LogP contribution in [0.1, 0.15) is 36.7 Å². The summed E-state index contributed by atoms with van der Waals surface area (Å²) in [6, 6.07) is 4.32. The maximum absolute atomic E-state index is 10.9. The summed E-state index contributed by atoms with van der Waals surface area (Å²) < 4.78 is 0. The second-order valence-corrected chi connectivity index (χ2v) is 4.60. The molecule has 0 aromatic heterocycles. The van der Waals surface area contributed by atoms with Crippen molar-refractivity contribution in [2.24, 2.45) is 5.73 Å². The van der Waals surface area contributed by atoms with Gasteiger partial charge in [0, 0.05) is 17.2 Å². The first-order valence-electron chi connectivity index (χ1n) is 4.82. The molecule has 0 unspecified atom stereocenters. The van der Waals surface area contributed by atoms with Crippen molar-refractivity contribution in [3.63, 3.8) is 0 Å². The molecule has 1 amide bonds. The van der Waals surface area contributed by atoms with Crippen molar-refractivity contribution in [3.05, 3.63) is 39.4 Å². The van der Waals surface area contributed by atoms with Gasteiger partial charge in [0.05, 0.1) is 4.92 Å². The van der Waals surface area contributed by atoms with Gasteiger partial charge in [-0.3, -0.25) is 14.9 Å². The maximum atomic E-state index is 10.9. The van der Waals surface area contributed by atoms with Crippen LogP contribution in [0.15, 0.2) is 18.2 Å². The van der Waals surface area contributed by atoms with Crippen LogP contribution in [0.3, 0.4) is 0 Å². The number of nitro groups is 1. The Balaban J connectivity index is 3.43. The van der Waals surface area contributed by atoms with Crippen molar-refractivity contribution >= 4 is 11.6 Å². The molecule has 1 rings (SSSR count). The third-order valence-corrected chi connectivity index (χ3v) is 2.29. The molecule has 0 aliphatic rings. The zero-order chi connectivity index (χ0) is 12.5. The monoisotopic (exact) mass is 222 g/mol. The number of carbonyl (C=O) groups excluding carboxylic acids is 1. The molecule has 86 valence electrons. The zero-order valence-corrected chi connectivity index (χ0v) is 9.48. The highest BCUT2D eigenvalue weighted by Gasteiger charge is 2.25. The van der Waals surface area contributed by atoms with Gasteiger partial charge in [0.2, 0.25) is 5.91 Å². The van der Waals surface area contributed by atoms with Gasteiger partial charge in [-0.2, -0.15) is 0 Å². The number of amides is 1. The fourth-order valence-electron chi connectivity index (χ4n) is 1.47. The van der Waals surface area contributed by atoms with Crippen LogP contribution in [-0.4, -0.2) is 10.8 Å². The number of rotatable bonds is 2. The smallest absolute Gasteiger partial charge is 0.273 e. The second kappa shape index (κ2) is 3.92. The van der Waals surface area contributed by atoms with Crippen molar-refractivity contribution in [1.82, 2.24) is 0 Å². The van der Waals surface area contributed by atoms with Gasteiger partial charge in [-0.05, 0) is 11.5 Å². The molecule has 0 saturated heterocycles. The summed E-state index contributed by atoms with van der Waals surface area (Å²) in [5, 5.41) is 10.9. The molecule has 0 fully saturated rings. The number of nitrogens with zero attached hydrogens (tertiary/aromatic N) is 1. The van der Waals surface area contributed by atoms with Crippen LogP contribution >= 0.6 is 0 Å². The lowest BCUT2D eigenvalue weighted by Gasteiger charge is -2.18. The van der Waals surface area contributed by atoms with Crippen molar-refractivity contribution in [3.8, 4) is 0 Å². The van der Waals surface area contributed by atoms with Crippen LogP contribution in [0.25, 0.3) is 0 Å². The molecular formula is C11H14N2O3. The van der Waals surface area contributed by atoms with E-state index in [0.29, 0.717) is 5.56 Å². The van der Waals surface area contributed by atoms with E-state index < -0.39 is 10.8 Å². The third-order valence-electron chi connectivity index (χ3n) is 2.29. The Morgan fingerprint density at radius 1 is 1.38 bits per heavy atom. The highest BCUT2D eigenvalue weighted by molar-refractivity contribution is 5.93. The maximum Gasteiger partial charge on any atom is 0.273 e. The van der Waals surface area contributed by atoms with Gasteiger partial charge in [-0.1, -0.05) is 26.8 Å². The molecule has 0 atom stereocenters. The summed E-state index contributed by atoms with van der Waals surface area (Å²) in [6.07, 6.45) is 0. The standard InChI is InChI=1S/C11H14N2O3/c1-11(2,3)8-5-4-7(10(12)14)6-9(8)13(15)16/h4-6H,1-3H3,(H2,12,14). The second-order valence-electron chi connectivity index (χ2n) is 4.60. The molecule has 0 bridgehead atoms. The predicted octanol–water partition coefficient (Wildman–Crippen LogP) is 1.99. The zero-order valence-electron chi connectivity index (χ0n) is 9.48. The largest absolute Gasteiger partial charge is 0.366 e. The Bertz CT molecular complexity index is 447. The van der Waals surface area contributed by atoms with Crippen molar-refractivity contribution < 1.29 is 9.72 Å². The van der Waals surface area contributed by atoms with E-state index in [9.17, 15) is 14.9 Å². The van der Waals surface area contributed by atoms with E-state index in [0.717, 1.165) is 0 Å². The number of nitro benzene ring substituents is 1. The molecule has 2 N–H and O–H groups in total. The highest BCUT2D eigenvalue weighted by Crippen LogP contribution is 2.31. The fraction of sp³-hybridized carbons (Fsp3) is 0.364. The summed E-state index contributed by atoms with van der Waals surface area (Å²) in [5.74, 6) is -0.663. The van der Waals surface area contributed by atoms with Gasteiger partial charge >= 0.3 is 0 Å². The van der Waals surface area contributed by atoms with Crippen LogP contribution in [0.5, 0.6) is 0 Å². The van der Waals surface area contributed by atoms with Crippen molar-refractivity contribution in [2.45, 2.75) is 26.2 Å². The summed E-state index contributed by atoms with van der Waals surface area (Å²) in [4.78, 5) is 21.3. The molecule has 16 heavy (non-hydrogen) atoms. The molecule has 0 heterocycles. The topological polar surface area (TPSA) is 86.2 Å². The lowest BCUT2D eigenvalue weighted by atomic mass is 9.85. The molecule has 1 aromatic rings. The number of benzene rings is 1. The fourth-order valence-corrected chi connectivity index (χ4v) is 1.47. The highest BCUT2D eigenvalue weighted by atomic mass is 16.6. The molecule has 5 nitrogen and oxygen atoms in total. The summed E-state index contributed by atoms with van der Waals surface area (Å²) in [5.41, 5.74) is 5.40. The molecule has 0 saturated carbocycles. The van der Waals surface area contributed by atoms with E-state index in [4.69, 9.17) is 5.73 Å². The van der Waals surface area contributed by atoms with Gasteiger partial charge in [0.25, 0.3) is 5.69 Å². The minimum atomic E-state index is -0.663. The predicted molar refractivity (Wildman–Crippen MR) is 60.3 cm³/mol. The van der Waals surface area contributed by atoms with E-state index in [1.54, 1.807) is 6.07 Å². The van der Waals surface area contributed by atoms with Gasteiger partial charge in [0.15, 0.2) is 0 Å². The van der Waals surface area contributed by atoms with Crippen molar-refractivity contribution in [1.29, 1.82) is 0 Å². The van der Waals surface area contributed by atoms with Gasteiger partial charge < -0.3 is 5.73 Å². The summed E-state index contributed by atoms with van der Waals surface area (Å²) >= 11 is 0. The van der Waals surface area contributed by atoms with Crippen molar-refractivity contribution in [2.75, 3.05) is 0 Å². The average Bonchev–Trinajstić information content (AvgIpc) is 2.15. The number of hydrogen-bond acceptors (Lipinski definition) is 3. The normalized spacial score (nSPS) is 11.2. The Hall–Kier alpha value is -1.91. The lowest BCUT2D eigenvalue weighted by Crippen LogP contribution is -2.16. The summed E-state index contributed by atoms with van der Waals surface area (Å²) in [6.45, 7) is 5.62. The number of carbonyl (C=O) groups is 1. The third kappa shape index (κ3) is 2.36. The first kappa shape index (κ1) is 12.2. The Morgan fingerprint density at radius 3 is 2.31 bits per heavy atom. The molecular weight excluding hydrogens is 208 g/mol. The van der Waals surface area contributed by atoms with E-state index in [1.165, 1.54) is 12.1 Å². The van der Waals surface area contributed by atoms with Crippen LogP contribution in [0.4, 0.5) is 5.69 Å². The Morgan fingerprint density at radius 2 is 1.94 bits per heavy atom. The average molecular weight is 222 g/mol. The minimum absolute atomic E-state index is 0.0659. The Kier molecular flexibility index (Phi) is 2.98. The van der Waals surface area contributed by atoms with E-state index in [1.807, 2.05) is 20.8 Å². The van der Waals surface area contributed by atoms with Crippen LogP contribution in [0.2, 0.25) is 0 Å². The van der Waals surface area contributed by atoms with E-state index in [-0.39, 0.29) is 16.7 Å².